The molecule has 0 bridgehead atoms. The lowest BCUT2D eigenvalue weighted by Gasteiger charge is -2.20. The zero-order chi connectivity index (χ0) is 12.1. The molecule has 0 aromatic heterocycles. The fourth-order valence-corrected chi connectivity index (χ4v) is 2.30. The summed E-state index contributed by atoms with van der Waals surface area (Å²) >= 11 is 3.73. The minimum atomic E-state index is 0.294. The van der Waals surface area contributed by atoms with Crippen molar-refractivity contribution in [2.45, 2.75) is 25.1 Å². The molecular weight excluding hydrogens is 268 g/mol. The van der Waals surface area contributed by atoms with Crippen LogP contribution in [0.4, 0.5) is 0 Å². The summed E-state index contributed by atoms with van der Waals surface area (Å²) < 4.78 is 10.6. The summed E-state index contributed by atoms with van der Waals surface area (Å²) in [5.41, 5.74) is 1.15. The Balaban J connectivity index is 3.07. The van der Waals surface area contributed by atoms with Gasteiger partial charge in [0, 0.05) is 10.4 Å². The average Bonchev–Trinajstić information content (AvgIpc) is 2.35. The molecule has 1 aromatic rings. The van der Waals surface area contributed by atoms with E-state index in [-0.39, 0.29) is 0 Å². The first-order valence-corrected chi connectivity index (χ1v) is 6.41. The van der Waals surface area contributed by atoms with Gasteiger partial charge in [0.2, 0.25) is 0 Å². The number of hydrogen-bond donors (Lipinski definition) is 0. The zero-order valence-electron chi connectivity index (χ0n) is 10.3. The maximum Gasteiger partial charge on any atom is 0.123 e. The average molecular weight is 287 g/mol. The van der Waals surface area contributed by atoms with E-state index in [0.29, 0.717) is 10.7 Å². The molecule has 2 atom stereocenters. The molecule has 0 aliphatic carbocycles. The largest absolute Gasteiger partial charge is 0.497 e. The van der Waals surface area contributed by atoms with E-state index in [1.54, 1.807) is 14.2 Å². The van der Waals surface area contributed by atoms with Crippen LogP contribution in [0.5, 0.6) is 11.5 Å². The molecular formula is C13H19BrO2. The van der Waals surface area contributed by atoms with E-state index in [1.165, 1.54) is 0 Å². The Bertz CT molecular complexity index is 339. The van der Waals surface area contributed by atoms with Crippen LogP contribution in [0.1, 0.15) is 30.7 Å². The van der Waals surface area contributed by atoms with Crippen molar-refractivity contribution in [3.8, 4) is 11.5 Å². The highest BCUT2D eigenvalue weighted by atomic mass is 79.9. The highest BCUT2D eigenvalue weighted by Gasteiger charge is 2.19. The van der Waals surface area contributed by atoms with Crippen molar-refractivity contribution in [3.63, 3.8) is 0 Å². The standard InChI is InChI=1S/C13H19BrO2/c1-5-9(2)13(14)11-8-10(15-3)6-7-12(11)16-4/h6-9,13H,5H2,1-4H3. The maximum atomic E-state index is 5.38. The molecule has 0 fully saturated rings. The van der Waals surface area contributed by atoms with Crippen LogP contribution >= 0.6 is 15.9 Å². The molecule has 0 saturated heterocycles. The van der Waals surface area contributed by atoms with Crippen molar-refractivity contribution < 1.29 is 9.47 Å². The first-order chi connectivity index (χ1) is 7.63. The summed E-state index contributed by atoms with van der Waals surface area (Å²) in [5, 5.41) is 0. The third-order valence-corrected chi connectivity index (χ3v) is 4.27. The van der Waals surface area contributed by atoms with Crippen LogP contribution in [0.2, 0.25) is 0 Å². The SMILES string of the molecule is CCC(C)C(Br)c1cc(OC)ccc1OC. The first kappa shape index (κ1) is 13.4. The second kappa shape index (κ2) is 6.14. The van der Waals surface area contributed by atoms with E-state index in [1.807, 2.05) is 18.2 Å². The maximum absolute atomic E-state index is 5.38. The van der Waals surface area contributed by atoms with Gasteiger partial charge in [-0.05, 0) is 24.1 Å². The van der Waals surface area contributed by atoms with Crippen LogP contribution in [-0.2, 0) is 0 Å². The number of benzene rings is 1. The van der Waals surface area contributed by atoms with E-state index in [9.17, 15) is 0 Å². The van der Waals surface area contributed by atoms with Gasteiger partial charge in [0.05, 0.1) is 14.2 Å². The van der Waals surface area contributed by atoms with Crippen molar-refractivity contribution in [2.75, 3.05) is 14.2 Å². The normalized spacial score (nSPS) is 14.3. The predicted molar refractivity (Wildman–Crippen MR) is 70.7 cm³/mol. The Morgan fingerprint density at radius 2 is 1.94 bits per heavy atom. The highest BCUT2D eigenvalue weighted by Crippen LogP contribution is 2.39. The van der Waals surface area contributed by atoms with Gasteiger partial charge in [-0.15, -0.1) is 0 Å². The van der Waals surface area contributed by atoms with E-state index in [4.69, 9.17) is 9.47 Å². The van der Waals surface area contributed by atoms with Crippen molar-refractivity contribution in [1.82, 2.24) is 0 Å². The Labute approximate surface area is 106 Å². The van der Waals surface area contributed by atoms with Gasteiger partial charge in [-0.25, -0.2) is 0 Å². The molecule has 0 spiro atoms. The van der Waals surface area contributed by atoms with E-state index in [2.05, 4.69) is 29.8 Å². The predicted octanol–water partition coefficient (Wildman–Crippen LogP) is 4.19. The molecule has 0 heterocycles. The van der Waals surface area contributed by atoms with Crippen LogP contribution in [0, 0.1) is 5.92 Å². The molecule has 1 aromatic carbocycles. The Morgan fingerprint density at radius 3 is 2.44 bits per heavy atom. The van der Waals surface area contributed by atoms with Crippen molar-refractivity contribution in [2.24, 2.45) is 5.92 Å². The summed E-state index contributed by atoms with van der Waals surface area (Å²) in [6.45, 7) is 4.41. The molecule has 0 N–H and O–H groups in total. The minimum absolute atomic E-state index is 0.294. The van der Waals surface area contributed by atoms with Gasteiger partial charge in [-0.2, -0.15) is 0 Å². The lowest BCUT2D eigenvalue weighted by atomic mass is 9.98. The number of hydrogen-bond acceptors (Lipinski definition) is 2. The third kappa shape index (κ3) is 2.91. The molecule has 2 nitrogen and oxygen atoms in total. The van der Waals surface area contributed by atoms with E-state index < -0.39 is 0 Å². The van der Waals surface area contributed by atoms with Gasteiger partial charge >= 0.3 is 0 Å². The fourth-order valence-electron chi connectivity index (χ4n) is 1.57. The Morgan fingerprint density at radius 1 is 1.25 bits per heavy atom. The summed E-state index contributed by atoms with van der Waals surface area (Å²) in [7, 11) is 3.37. The highest BCUT2D eigenvalue weighted by molar-refractivity contribution is 9.09. The third-order valence-electron chi connectivity index (χ3n) is 2.88. The van der Waals surface area contributed by atoms with Crippen LogP contribution < -0.4 is 9.47 Å². The molecule has 3 heteroatoms. The quantitative estimate of drug-likeness (QED) is 0.756. The summed E-state index contributed by atoms with van der Waals surface area (Å²) in [6, 6.07) is 5.90. The Kier molecular flexibility index (Phi) is 5.13. The van der Waals surface area contributed by atoms with Crippen molar-refractivity contribution in [3.05, 3.63) is 23.8 Å². The molecule has 0 aliphatic rings. The smallest absolute Gasteiger partial charge is 0.123 e. The van der Waals surface area contributed by atoms with Gasteiger partial charge in [0.1, 0.15) is 11.5 Å². The lowest BCUT2D eigenvalue weighted by molar-refractivity contribution is 0.394. The van der Waals surface area contributed by atoms with Crippen LogP contribution in [-0.4, -0.2) is 14.2 Å². The second-order valence-electron chi connectivity index (χ2n) is 3.90. The molecule has 0 amide bonds. The van der Waals surface area contributed by atoms with Gasteiger partial charge < -0.3 is 9.47 Å². The summed E-state index contributed by atoms with van der Waals surface area (Å²) in [4.78, 5) is 0.294. The molecule has 16 heavy (non-hydrogen) atoms. The number of ether oxygens (including phenoxy) is 2. The Hall–Kier alpha value is -0.700. The van der Waals surface area contributed by atoms with Crippen LogP contribution in [0.3, 0.4) is 0 Å². The monoisotopic (exact) mass is 286 g/mol. The number of methoxy groups -OCH3 is 2. The summed E-state index contributed by atoms with van der Waals surface area (Å²) in [5.74, 6) is 2.33. The topological polar surface area (TPSA) is 18.5 Å². The second-order valence-corrected chi connectivity index (χ2v) is 4.88. The van der Waals surface area contributed by atoms with E-state index in [0.717, 1.165) is 23.5 Å². The van der Waals surface area contributed by atoms with Crippen LogP contribution in [0.15, 0.2) is 18.2 Å². The molecule has 2 unspecified atom stereocenters. The fraction of sp³-hybridized carbons (Fsp3) is 0.538. The van der Waals surface area contributed by atoms with Gasteiger partial charge in [0.25, 0.3) is 0 Å². The van der Waals surface area contributed by atoms with Crippen molar-refractivity contribution >= 4 is 15.9 Å². The molecule has 1 rings (SSSR count). The summed E-state index contributed by atoms with van der Waals surface area (Å²) in [6.07, 6.45) is 1.12. The lowest BCUT2D eigenvalue weighted by Crippen LogP contribution is -2.04. The van der Waals surface area contributed by atoms with Gasteiger partial charge in [-0.1, -0.05) is 36.2 Å². The number of alkyl halides is 1. The minimum Gasteiger partial charge on any atom is -0.497 e. The number of rotatable bonds is 5. The van der Waals surface area contributed by atoms with Gasteiger partial charge in [-0.3, -0.25) is 0 Å². The number of halogens is 1. The molecule has 0 aliphatic heterocycles. The molecule has 90 valence electrons. The molecule has 0 saturated carbocycles. The van der Waals surface area contributed by atoms with Crippen molar-refractivity contribution in [1.29, 1.82) is 0 Å². The van der Waals surface area contributed by atoms with Gasteiger partial charge in [0.15, 0.2) is 0 Å². The zero-order valence-corrected chi connectivity index (χ0v) is 11.9. The van der Waals surface area contributed by atoms with E-state index >= 15 is 0 Å². The van der Waals surface area contributed by atoms with Crippen LogP contribution in [0.25, 0.3) is 0 Å². The first-order valence-electron chi connectivity index (χ1n) is 5.50. The molecule has 0 radical (unpaired) electrons.